The van der Waals surface area contributed by atoms with E-state index in [0.717, 1.165) is 0 Å². The molecule has 1 heterocycles. The maximum Gasteiger partial charge on any atom is 0.335 e. The number of nitrogens with one attached hydrogen (secondary N) is 5. The van der Waals surface area contributed by atoms with Crippen molar-refractivity contribution in [2.75, 3.05) is 21.3 Å². The van der Waals surface area contributed by atoms with Crippen LogP contribution in [-0.4, -0.2) is 68.8 Å². The van der Waals surface area contributed by atoms with Crippen LogP contribution in [0, 0.1) is 0 Å². The molecule has 5 aromatic rings. The molecular weight excluding hydrogens is 750 g/mol. The van der Waals surface area contributed by atoms with Gasteiger partial charge in [0, 0.05) is 46.1 Å². The monoisotopic (exact) mass is 787 g/mol. The van der Waals surface area contributed by atoms with Gasteiger partial charge in [-0.25, -0.2) is 4.79 Å². The zero-order valence-corrected chi connectivity index (χ0v) is 30.9. The zero-order chi connectivity index (χ0) is 41.9. The van der Waals surface area contributed by atoms with Gasteiger partial charge in [0.1, 0.15) is 6.04 Å². The molecule has 0 bridgehead atoms. The number of rotatable bonds is 15. The molecule has 6 amide bonds. The molecule has 1 atom stereocenters. The van der Waals surface area contributed by atoms with Crippen molar-refractivity contribution in [1.82, 2.24) is 10.3 Å². The average Bonchev–Trinajstić information content (AvgIpc) is 3.19. The van der Waals surface area contributed by atoms with Crippen LogP contribution >= 0.6 is 0 Å². The lowest BCUT2D eigenvalue weighted by molar-refractivity contribution is -0.123. The first-order valence-corrected chi connectivity index (χ1v) is 17.5. The number of amides is 6. The summed E-state index contributed by atoms with van der Waals surface area (Å²) in [5.41, 5.74) is 6.81. The summed E-state index contributed by atoms with van der Waals surface area (Å²) in [4.78, 5) is 91.8. The molecule has 4 aromatic carbocycles. The number of phenols is 1. The highest BCUT2D eigenvalue weighted by Gasteiger charge is 2.25. The van der Waals surface area contributed by atoms with Crippen LogP contribution in [0.25, 0.3) is 0 Å². The number of nitrogens with two attached hydrogens (primary N) is 1. The van der Waals surface area contributed by atoms with E-state index < -0.39 is 59.8 Å². The fourth-order valence-corrected chi connectivity index (χ4v) is 5.29. The number of hydrogen-bond acceptors (Lipinski definition) is 10. The number of phenolic OH excluding ortho intramolecular Hbond substituents is 1. The maximum absolute atomic E-state index is 13.3. The van der Waals surface area contributed by atoms with Gasteiger partial charge in [0.05, 0.1) is 29.3 Å². The van der Waals surface area contributed by atoms with E-state index in [1.165, 1.54) is 97.3 Å². The van der Waals surface area contributed by atoms with E-state index in [1.807, 2.05) is 0 Å². The summed E-state index contributed by atoms with van der Waals surface area (Å²) in [5.74, 6) is -5.90. The second kappa shape index (κ2) is 18.5. The summed E-state index contributed by atoms with van der Waals surface area (Å²) in [6, 6.07) is 21.2. The van der Waals surface area contributed by atoms with Gasteiger partial charge in [-0.05, 0) is 111 Å². The normalized spacial score (nSPS) is 11.1. The zero-order valence-electron chi connectivity index (χ0n) is 30.9. The number of aromatic nitrogens is 1. The first-order chi connectivity index (χ1) is 27.7. The van der Waals surface area contributed by atoms with Crippen LogP contribution in [0.3, 0.4) is 0 Å². The van der Waals surface area contributed by atoms with Gasteiger partial charge < -0.3 is 47.3 Å². The number of anilines is 4. The Morgan fingerprint density at radius 2 is 1.10 bits per heavy atom. The molecule has 1 aromatic heterocycles. The first-order valence-electron chi connectivity index (χ1n) is 17.5. The molecule has 0 saturated carbocycles. The lowest BCUT2D eigenvalue weighted by atomic mass is 10.1. The summed E-state index contributed by atoms with van der Waals surface area (Å²) in [7, 11) is 0. The Kier molecular flexibility index (Phi) is 13.1. The van der Waals surface area contributed by atoms with Gasteiger partial charge in [0.2, 0.25) is 11.8 Å². The molecule has 0 fully saturated rings. The van der Waals surface area contributed by atoms with Gasteiger partial charge in [-0.2, -0.15) is 0 Å². The summed E-state index contributed by atoms with van der Waals surface area (Å²) >= 11 is 0. The number of aromatic hydroxyl groups is 1. The molecule has 9 N–H and O–H groups in total. The van der Waals surface area contributed by atoms with Crippen LogP contribution in [0.5, 0.6) is 11.5 Å². The van der Waals surface area contributed by atoms with Gasteiger partial charge in [-0.15, -0.1) is 0 Å². The molecule has 0 aliphatic heterocycles. The van der Waals surface area contributed by atoms with Gasteiger partial charge in [-0.1, -0.05) is 0 Å². The van der Waals surface area contributed by atoms with E-state index in [0.29, 0.717) is 11.3 Å². The number of ether oxygens (including phenoxy) is 1. The number of carboxylic acids is 1. The van der Waals surface area contributed by atoms with E-state index in [-0.39, 0.29) is 51.0 Å². The summed E-state index contributed by atoms with van der Waals surface area (Å²) in [6.07, 6.45) is 1.96. The van der Waals surface area contributed by atoms with E-state index in [2.05, 4.69) is 31.6 Å². The quantitative estimate of drug-likeness (QED) is 0.0724. The Morgan fingerprint density at radius 3 is 1.64 bits per heavy atom. The average molecular weight is 788 g/mol. The minimum Gasteiger partial charge on any atom is -0.504 e. The van der Waals surface area contributed by atoms with Crippen molar-refractivity contribution in [2.24, 2.45) is 5.73 Å². The fourth-order valence-electron chi connectivity index (χ4n) is 5.29. The number of nitrogens with zero attached hydrogens (tertiary/aromatic N) is 1. The molecule has 58 heavy (non-hydrogen) atoms. The van der Waals surface area contributed by atoms with Gasteiger partial charge in [-0.3, -0.25) is 33.8 Å². The number of carbonyl (C=O) groups excluding carboxylic acids is 6. The predicted molar refractivity (Wildman–Crippen MR) is 212 cm³/mol. The third kappa shape index (κ3) is 10.8. The SMILES string of the molecule is CC(C)Oc1c(NC(=O)c2ccc(NC(=O)C(CC(N)=O)NC(=O)c3ccc(NC(=O)c4ccncc4)cc3)cc2)ccc(C(=O)Nc2ccc(C(=O)O)cc2)c1O. The van der Waals surface area contributed by atoms with E-state index in [4.69, 9.17) is 15.6 Å². The van der Waals surface area contributed by atoms with Crippen LogP contribution in [-0.2, 0) is 9.59 Å². The molecule has 0 radical (unpaired) electrons. The number of primary amides is 1. The standard InChI is InChI=1S/C41H37N7O10/c1-22(2)58-35-31(16-15-30(34(35)50)39(54)45-28-13-7-26(8-14-28)41(56)57)47-37(52)23-5-11-29(12-6-23)46-40(55)32(21-33(42)49)48-38(53)24-3-9-27(10-4-24)44-36(51)25-17-19-43-20-18-25/h3-20,22,32,50H,21H2,1-2H3,(H2,42,49)(H,44,51)(H,45,54)(H,46,55)(H,47,52)(H,48,53)(H,56,57). The Hall–Kier alpha value is -8.08. The first kappa shape index (κ1) is 41.1. The minimum absolute atomic E-state index is 0.0232. The highest BCUT2D eigenvalue weighted by molar-refractivity contribution is 6.10. The molecule has 0 spiro atoms. The molecule has 0 saturated heterocycles. The predicted octanol–water partition coefficient (Wildman–Crippen LogP) is 4.64. The molecule has 17 nitrogen and oxygen atoms in total. The number of aromatic carboxylic acids is 1. The van der Waals surface area contributed by atoms with E-state index in [9.17, 15) is 38.7 Å². The van der Waals surface area contributed by atoms with Crippen LogP contribution in [0.1, 0.15) is 72.1 Å². The topological polar surface area (TPSA) is 268 Å². The fraction of sp³-hybridized carbons (Fsp3) is 0.122. The third-order valence-electron chi connectivity index (χ3n) is 8.16. The number of pyridine rings is 1. The second-order valence-electron chi connectivity index (χ2n) is 12.8. The Bertz CT molecular complexity index is 2350. The molecule has 5 rings (SSSR count). The van der Waals surface area contributed by atoms with Crippen LogP contribution in [0.15, 0.2) is 109 Å². The highest BCUT2D eigenvalue weighted by atomic mass is 16.5. The van der Waals surface area contributed by atoms with Crippen molar-refractivity contribution in [3.63, 3.8) is 0 Å². The van der Waals surface area contributed by atoms with Crippen LogP contribution in [0.2, 0.25) is 0 Å². The Labute approximate surface area is 330 Å². The maximum atomic E-state index is 13.3. The van der Waals surface area contributed by atoms with Crippen LogP contribution < -0.4 is 37.1 Å². The largest absolute Gasteiger partial charge is 0.504 e. The molecule has 1 unspecified atom stereocenters. The van der Waals surface area contributed by atoms with E-state index >= 15 is 0 Å². The summed E-state index contributed by atoms with van der Waals surface area (Å²) in [5, 5.41) is 33.2. The van der Waals surface area contributed by atoms with Crippen molar-refractivity contribution in [3.8, 4) is 11.5 Å². The van der Waals surface area contributed by atoms with E-state index in [1.54, 1.807) is 26.0 Å². The molecular formula is C41H37N7O10. The van der Waals surface area contributed by atoms with Crippen LogP contribution in [0.4, 0.5) is 22.7 Å². The number of carboxylic acid groups (broad SMARTS) is 1. The molecule has 0 aliphatic rings. The Balaban J connectivity index is 1.22. The lowest BCUT2D eigenvalue weighted by Crippen LogP contribution is -2.46. The van der Waals surface area contributed by atoms with Crippen molar-refractivity contribution >= 4 is 64.2 Å². The highest BCUT2D eigenvalue weighted by Crippen LogP contribution is 2.39. The molecule has 0 aliphatic carbocycles. The van der Waals surface area contributed by atoms with Crippen molar-refractivity contribution in [3.05, 3.63) is 137 Å². The van der Waals surface area contributed by atoms with Gasteiger partial charge >= 0.3 is 5.97 Å². The van der Waals surface area contributed by atoms with Gasteiger partial charge in [0.15, 0.2) is 11.5 Å². The van der Waals surface area contributed by atoms with Crippen molar-refractivity contribution in [2.45, 2.75) is 32.4 Å². The molecule has 17 heteroatoms. The second-order valence-corrected chi connectivity index (χ2v) is 12.8. The minimum atomic E-state index is -1.37. The van der Waals surface area contributed by atoms with Gasteiger partial charge in [0.25, 0.3) is 23.6 Å². The third-order valence-corrected chi connectivity index (χ3v) is 8.16. The summed E-state index contributed by atoms with van der Waals surface area (Å²) in [6.45, 7) is 3.36. The lowest BCUT2D eigenvalue weighted by Gasteiger charge is -2.19. The number of benzene rings is 4. The smallest absolute Gasteiger partial charge is 0.335 e. The number of hydrogen-bond donors (Lipinski definition) is 8. The molecule has 296 valence electrons. The number of carbonyl (C=O) groups is 7. The van der Waals surface area contributed by atoms with Crippen molar-refractivity contribution in [1.29, 1.82) is 0 Å². The Morgan fingerprint density at radius 1 is 0.621 bits per heavy atom. The summed E-state index contributed by atoms with van der Waals surface area (Å²) < 4.78 is 5.76. The van der Waals surface area contributed by atoms with Crippen molar-refractivity contribution < 1.29 is 48.5 Å².